The van der Waals surface area contributed by atoms with E-state index >= 15 is 0 Å². The Bertz CT molecular complexity index is 763. The number of amides is 1. The minimum absolute atomic E-state index is 0.232. The van der Waals surface area contributed by atoms with Gasteiger partial charge in [0.25, 0.3) is 11.5 Å². The van der Waals surface area contributed by atoms with Gasteiger partial charge in [0.1, 0.15) is 11.5 Å². The molecule has 120 valence electrons. The maximum atomic E-state index is 12.6. The molecule has 23 heavy (non-hydrogen) atoms. The van der Waals surface area contributed by atoms with Crippen molar-refractivity contribution in [1.29, 1.82) is 0 Å². The van der Waals surface area contributed by atoms with Gasteiger partial charge < -0.3 is 14.8 Å². The van der Waals surface area contributed by atoms with Crippen molar-refractivity contribution >= 4 is 17.4 Å². The molecule has 3 heterocycles. The molecule has 3 rings (SSSR count). The second kappa shape index (κ2) is 6.64. The summed E-state index contributed by atoms with van der Waals surface area (Å²) in [5, 5.41) is 2.71. The van der Waals surface area contributed by atoms with Crippen LogP contribution in [0.4, 0.5) is 11.5 Å². The van der Waals surface area contributed by atoms with E-state index in [0.717, 1.165) is 25.9 Å². The van der Waals surface area contributed by atoms with Gasteiger partial charge >= 0.3 is 0 Å². The molecule has 1 aliphatic rings. The topological polar surface area (TPSA) is 67.2 Å². The number of carbonyl (C=O) groups is 1. The van der Waals surface area contributed by atoms with E-state index in [0.29, 0.717) is 11.4 Å². The largest absolute Gasteiger partial charge is 0.356 e. The lowest BCUT2D eigenvalue weighted by Crippen LogP contribution is -2.32. The summed E-state index contributed by atoms with van der Waals surface area (Å²) < 4.78 is 1.43. The highest BCUT2D eigenvalue weighted by Gasteiger charge is 2.20. The summed E-state index contributed by atoms with van der Waals surface area (Å²) in [5.74, 6) is 0.388. The van der Waals surface area contributed by atoms with Crippen molar-refractivity contribution in [3.8, 4) is 0 Å². The Kier molecular flexibility index (Phi) is 4.41. The van der Waals surface area contributed by atoms with Crippen LogP contribution in [-0.4, -0.2) is 28.5 Å². The zero-order valence-corrected chi connectivity index (χ0v) is 13.2. The van der Waals surface area contributed by atoms with Crippen LogP contribution < -0.4 is 15.8 Å². The van der Waals surface area contributed by atoms with Gasteiger partial charge in [-0.1, -0.05) is 0 Å². The predicted molar refractivity (Wildman–Crippen MR) is 89.9 cm³/mol. The van der Waals surface area contributed by atoms with Crippen LogP contribution in [0.1, 0.15) is 29.6 Å². The van der Waals surface area contributed by atoms with Gasteiger partial charge in [-0.3, -0.25) is 9.59 Å². The Balaban J connectivity index is 1.88. The maximum absolute atomic E-state index is 12.6. The van der Waals surface area contributed by atoms with Crippen molar-refractivity contribution in [1.82, 2.24) is 9.55 Å². The van der Waals surface area contributed by atoms with Gasteiger partial charge in [-0.05, 0) is 43.5 Å². The smallest absolute Gasteiger partial charge is 0.274 e. The van der Waals surface area contributed by atoms with Crippen LogP contribution in [0.15, 0.2) is 41.5 Å². The van der Waals surface area contributed by atoms with E-state index in [1.54, 1.807) is 43.7 Å². The van der Waals surface area contributed by atoms with Crippen molar-refractivity contribution in [2.24, 2.45) is 7.05 Å². The van der Waals surface area contributed by atoms with Crippen LogP contribution in [0, 0.1) is 0 Å². The number of piperidine rings is 1. The molecule has 1 amide bonds. The molecule has 1 fully saturated rings. The molecule has 1 aliphatic heterocycles. The first-order valence-electron chi connectivity index (χ1n) is 7.84. The van der Waals surface area contributed by atoms with E-state index in [1.165, 1.54) is 11.0 Å². The van der Waals surface area contributed by atoms with Crippen molar-refractivity contribution in [2.45, 2.75) is 19.3 Å². The van der Waals surface area contributed by atoms with Gasteiger partial charge in [0, 0.05) is 32.5 Å². The lowest BCUT2D eigenvalue weighted by Gasteiger charge is -2.29. The molecular formula is C17H20N4O2. The van der Waals surface area contributed by atoms with E-state index in [9.17, 15) is 9.59 Å². The molecule has 1 saturated heterocycles. The average Bonchev–Trinajstić information content (AvgIpc) is 2.60. The number of rotatable bonds is 3. The zero-order valence-electron chi connectivity index (χ0n) is 13.2. The molecule has 2 aromatic heterocycles. The molecule has 2 aromatic rings. The monoisotopic (exact) mass is 312 g/mol. The van der Waals surface area contributed by atoms with Crippen molar-refractivity contribution in [3.63, 3.8) is 0 Å². The first-order valence-corrected chi connectivity index (χ1v) is 7.84. The number of pyridine rings is 2. The first-order chi connectivity index (χ1) is 11.2. The Morgan fingerprint density at radius 3 is 2.74 bits per heavy atom. The van der Waals surface area contributed by atoms with Gasteiger partial charge in [0.05, 0.1) is 5.56 Å². The lowest BCUT2D eigenvalue weighted by molar-refractivity contribution is 0.102. The lowest BCUT2D eigenvalue weighted by atomic mass is 10.1. The van der Waals surface area contributed by atoms with Crippen LogP contribution in [0.25, 0.3) is 0 Å². The van der Waals surface area contributed by atoms with E-state index < -0.39 is 0 Å². The highest BCUT2D eigenvalue weighted by molar-refractivity contribution is 6.07. The molecule has 6 nitrogen and oxygen atoms in total. The van der Waals surface area contributed by atoms with E-state index in [1.807, 2.05) is 0 Å². The molecular weight excluding hydrogens is 292 g/mol. The Morgan fingerprint density at radius 1 is 1.17 bits per heavy atom. The van der Waals surface area contributed by atoms with Gasteiger partial charge in [0.15, 0.2) is 0 Å². The third-order valence-electron chi connectivity index (χ3n) is 4.06. The van der Waals surface area contributed by atoms with Crippen LogP contribution in [0.5, 0.6) is 0 Å². The maximum Gasteiger partial charge on any atom is 0.274 e. The highest BCUT2D eigenvalue weighted by Crippen LogP contribution is 2.22. The number of hydrogen-bond donors (Lipinski definition) is 1. The quantitative estimate of drug-likeness (QED) is 0.941. The second-order valence-electron chi connectivity index (χ2n) is 5.71. The normalized spacial score (nSPS) is 14.6. The van der Waals surface area contributed by atoms with Crippen molar-refractivity contribution in [3.05, 3.63) is 52.6 Å². The Labute approximate surface area is 134 Å². The molecule has 0 bridgehead atoms. The number of nitrogens with zero attached hydrogens (tertiary/aromatic N) is 3. The first kappa shape index (κ1) is 15.3. The fourth-order valence-corrected chi connectivity index (χ4v) is 2.81. The third-order valence-corrected chi connectivity index (χ3v) is 4.06. The summed E-state index contributed by atoms with van der Waals surface area (Å²) in [4.78, 5) is 31.2. The van der Waals surface area contributed by atoms with E-state index in [4.69, 9.17) is 0 Å². The number of hydrogen-bond acceptors (Lipinski definition) is 4. The average molecular weight is 312 g/mol. The van der Waals surface area contributed by atoms with E-state index in [2.05, 4.69) is 15.2 Å². The zero-order chi connectivity index (χ0) is 16.2. The summed E-state index contributed by atoms with van der Waals surface area (Å²) in [6.45, 7) is 1.81. The molecule has 6 heteroatoms. The van der Waals surface area contributed by atoms with Crippen LogP contribution in [0.2, 0.25) is 0 Å². The number of anilines is 2. The van der Waals surface area contributed by atoms with Gasteiger partial charge in [-0.15, -0.1) is 0 Å². The van der Waals surface area contributed by atoms with Crippen LogP contribution in [0.3, 0.4) is 0 Å². The molecule has 0 unspecified atom stereocenters. The Morgan fingerprint density at radius 2 is 1.96 bits per heavy atom. The molecule has 0 spiro atoms. The summed E-state index contributed by atoms with van der Waals surface area (Å²) in [7, 11) is 1.65. The summed E-state index contributed by atoms with van der Waals surface area (Å²) >= 11 is 0. The number of aryl methyl sites for hydroxylation is 1. The number of carbonyl (C=O) groups excluding carboxylic acids is 1. The number of aromatic nitrogens is 2. The number of nitrogens with one attached hydrogen (secondary N) is 1. The highest BCUT2D eigenvalue weighted by atomic mass is 16.2. The molecule has 0 atom stereocenters. The summed E-state index contributed by atoms with van der Waals surface area (Å²) in [6.07, 6.45) is 6.78. The van der Waals surface area contributed by atoms with Crippen LogP contribution >= 0.6 is 0 Å². The van der Waals surface area contributed by atoms with Gasteiger partial charge in [-0.25, -0.2) is 4.98 Å². The van der Waals surface area contributed by atoms with Crippen molar-refractivity contribution < 1.29 is 4.79 Å². The van der Waals surface area contributed by atoms with Gasteiger partial charge in [-0.2, -0.15) is 0 Å². The van der Waals surface area contributed by atoms with E-state index in [-0.39, 0.29) is 17.2 Å². The standard InChI is InChI=1S/C17H20N4O2/c1-20-10-6-8-14(17(20)23)19-16(22)13-7-5-9-18-15(13)21-11-3-2-4-12-21/h5-10H,2-4,11-12H2,1H3,(H,19,22). The molecule has 0 aromatic carbocycles. The van der Waals surface area contributed by atoms with Crippen molar-refractivity contribution in [2.75, 3.05) is 23.3 Å². The fourth-order valence-electron chi connectivity index (χ4n) is 2.81. The van der Waals surface area contributed by atoms with Gasteiger partial charge in [0.2, 0.25) is 0 Å². The summed E-state index contributed by atoms with van der Waals surface area (Å²) in [5.41, 5.74) is 0.540. The van der Waals surface area contributed by atoms with Crippen LogP contribution in [-0.2, 0) is 7.05 Å². The minimum Gasteiger partial charge on any atom is -0.356 e. The minimum atomic E-state index is -0.304. The Hall–Kier alpha value is -2.63. The SMILES string of the molecule is Cn1cccc(NC(=O)c2cccnc2N2CCCCC2)c1=O. The molecule has 1 N–H and O–H groups in total. The fraction of sp³-hybridized carbons (Fsp3) is 0.353. The molecule has 0 aliphatic carbocycles. The second-order valence-corrected chi connectivity index (χ2v) is 5.71. The third kappa shape index (κ3) is 3.26. The molecule has 0 saturated carbocycles. The summed E-state index contributed by atoms with van der Waals surface area (Å²) in [6, 6.07) is 6.83. The molecule has 0 radical (unpaired) electrons. The predicted octanol–water partition coefficient (Wildman–Crippen LogP) is 2.02.